The molecule has 0 radical (unpaired) electrons. The van der Waals surface area contributed by atoms with Crippen molar-refractivity contribution in [3.05, 3.63) is 53.4 Å². The molecule has 1 heterocycles. The third-order valence-corrected chi connectivity index (χ3v) is 4.03. The highest BCUT2D eigenvalue weighted by Crippen LogP contribution is 2.13. The van der Waals surface area contributed by atoms with Crippen LogP contribution in [0.2, 0.25) is 0 Å². The normalized spacial score (nSPS) is 11.5. The summed E-state index contributed by atoms with van der Waals surface area (Å²) in [7, 11) is -3.95. The first kappa shape index (κ1) is 15.1. The third kappa shape index (κ3) is 3.44. The monoisotopic (exact) mass is 316 g/mol. The van der Waals surface area contributed by atoms with E-state index in [0.717, 1.165) is 24.4 Å². The van der Waals surface area contributed by atoms with Gasteiger partial charge in [0.2, 0.25) is 10.0 Å². The lowest BCUT2D eigenvalue weighted by atomic mass is 10.2. The molecule has 0 aliphatic carbocycles. The molecule has 0 aliphatic rings. The molecule has 6 nitrogen and oxygen atoms in total. The largest absolute Gasteiger partial charge is 0.477 e. The maximum Gasteiger partial charge on any atom is 0.352 e. The van der Waals surface area contributed by atoms with Gasteiger partial charge in [-0.2, -0.15) is 0 Å². The smallest absolute Gasteiger partial charge is 0.352 e. The second-order valence-corrected chi connectivity index (χ2v) is 5.89. The number of aromatic amines is 1. The third-order valence-electron chi connectivity index (χ3n) is 2.65. The molecule has 0 saturated carbocycles. The molecule has 0 spiro atoms. The maximum atomic E-state index is 13.0. The fourth-order valence-electron chi connectivity index (χ4n) is 1.56. The lowest BCUT2D eigenvalue weighted by Crippen LogP contribution is -2.23. The van der Waals surface area contributed by atoms with E-state index < -0.39 is 27.6 Å². The van der Waals surface area contributed by atoms with E-state index in [2.05, 4.69) is 9.71 Å². The number of hydrogen-bond acceptors (Lipinski definition) is 3. The van der Waals surface area contributed by atoms with Crippen LogP contribution in [-0.4, -0.2) is 24.5 Å². The number of nitrogens with one attached hydrogen (secondary N) is 2. The second-order valence-electron chi connectivity index (χ2n) is 4.13. The fraction of sp³-hybridized carbons (Fsp3) is 0.0833. The van der Waals surface area contributed by atoms with E-state index in [9.17, 15) is 22.0 Å². The average Bonchev–Trinajstić information content (AvgIpc) is 2.91. The van der Waals surface area contributed by atoms with Gasteiger partial charge in [-0.1, -0.05) is 6.07 Å². The SMILES string of the molecule is O=C(O)c1cc(S(=O)(=O)NCc2ccc(F)c(F)c2)c[nH]1. The van der Waals surface area contributed by atoms with Gasteiger partial charge in [0.1, 0.15) is 10.6 Å². The van der Waals surface area contributed by atoms with Crippen LogP contribution in [0.4, 0.5) is 8.78 Å². The summed E-state index contributed by atoms with van der Waals surface area (Å²) in [5.74, 6) is -3.41. The summed E-state index contributed by atoms with van der Waals surface area (Å²) >= 11 is 0. The number of aromatic carboxylic acids is 1. The molecule has 112 valence electrons. The molecule has 0 atom stereocenters. The molecular weight excluding hydrogens is 306 g/mol. The first-order chi connectivity index (χ1) is 9.79. The lowest BCUT2D eigenvalue weighted by Gasteiger charge is -2.05. The van der Waals surface area contributed by atoms with E-state index in [-0.39, 0.29) is 22.7 Å². The van der Waals surface area contributed by atoms with Gasteiger partial charge in [-0.3, -0.25) is 0 Å². The summed E-state index contributed by atoms with van der Waals surface area (Å²) in [4.78, 5) is 12.7. The number of carbonyl (C=O) groups is 1. The van der Waals surface area contributed by atoms with Crippen molar-refractivity contribution in [1.82, 2.24) is 9.71 Å². The highest BCUT2D eigenvalue weighted by Gasteiger charge is 2.18. The van der Waals surface area contributed by atoms with Crippen LogP contribution in [0.5, 0.6) is 0 Å². The van der Waals surface area contributed by atoms with Crippen LogP contribution in [0.25, 0.3) is 0 Å². The van der Waals surface area contributed by atoms with Crippen LogP contribution in [0.15, 0.2) is 35.4 Å². The van der Waals surface area contributed by atoms with Crippen LogP contribution < -0.4 is 4.72 Å². The van der Waals surface area contributed by atoms with Gasteiger partial charge in [-0.15, -0.1) is 0 Å². The highest BCUT2D eigenvalue weighted by molar-refractivity contribution is 7.89. The van der Waals surface area contributed by atoms with Gasteiger partial charge in [0, 0.05) is 12.7 Å². The molecule has 0 fully saturated rings. The van der Waals surface area contributed by atoms with Gasteiger partial charge in [0.05, 0.1) is 0 Å². The first-order valence-electron chi connectivity index (χ1n) is 5.65. The zero-order chi connectivity index (χ0) is 15.6. The van der Waals surface area contributed by atoms with Crippen LogP contribution in [-0.2, 0) is 16.6 Å². The highest BCUT2D eigenvalue weighted by atomic mass is 32.2. The number of halogens is 2. The quantitative estimate of drug-likeness (QED) is 0.778. The molecule has 0 aliphatic heterocycles. The molecule has 2 aromatic rings. The van der Waals surface area contributed by atoms with Gasteiger partial charge in [0.15, 0.2) is 11.6 Å². The second kappa shape index (κ2) is 5.62. The Morgan fingerprint density at radius 1 is 1.24 bits per heavy atom. The van der Waals surface area contributed by atoms with Crippen molar-refractivity contribution in [2.24, 2.45) is 0 Å². The van der Waals surface area contributed by atoms with E-state index >= 15 is 0 Å². The predicted octanol–water partition coefficient (Wildman–Crippen LogP) is 1.47. The molecule has 9 heteroatoms. The molecular formula is C12H10F2N2O4S. The number of H-pyrrole nitrogens is 1. The molecule has 1 aromatic carbocycles. The first-order valence-corrected chi connectivity index (χ1v) is 7.13. The number of sulfonamides is 1. The number of carboxylic acids is 1. The number of carboxylic acid groups (broad SMARTS) is 1. The number of benzene rings is 1. The Labute approximate surface area is 118 Å². The molecule has 21 heavy (non-hydrogen) atoms. The lowest BCUT2D eigenvalue weighted by molar-refractivity contribution is 0.0691. The average molecular weight is 316 g/mol. The van der Waals surface area contributed by atoms with Gasteiger partial charge in [-0.05, 0) is 23.8 Å². The van der Waals surface area contributed by atoms with Gasteiger partial charge in [0.25, 0.3) is 0 Å². The van der Waals surface area contributed by atoms with E-state index in [4.69, 9.17) is 5.11 Å². The van der Waals surface area contributed by atoms with Crippen molar-refractivity contribution in [3.63, 3.8) is 0 Å². The van der Waals surface area contributed by atoms with Gasteiger partial charge in [-0.25, -0.2) is 26.7 Å². The van der Waals surface area contributed by atoms with Crippen molar-refractivity contribution in [2.75, 3.05) is 0 Å². The van der Waals surface area contributed by atoms with Gasteiger partial charge >= 0.3 is 5.97 Å². The number of hydrogen-bond donors (Lipinski definition) is 3. The van der Waals surface area contributed by atoms with Crippen LogP contribution in [0, 0.1) is 11.6 Å². The minimum Gasteiger partial charge on any atom is -0.477 e. The molecule has 3 N–H and O–H groups in total. The molecule has 2 rings (SSSR count). The summed E-state index contributed by atoms with van der Waals surface area (Å²) in [6.07, 6.45) is 1.02. The summed E-state index contributed by atoms with van der Waals surface area (Å²) in [6.45, 7) is -0.257. The summed E-state index contributed by atoms with van der Waals surface area (Å²) in [5.41, 5.74) is -0.0466. The fourth-order valence-corrected chi connectivity index (χ4v) is 2.57. The Hall–Kier alpha value is -2.26. The van der Waals surface area contributed by atoms with Crippen molar-refractivity contribution in [2.45, 2.75) is 11.4 Å². The van der Waals surface area contributed by atoms with E-state index in [1.165, 1.54) is 6.07 Å². The molecule has 1 aromatic heterocycles. The van der Waals surface area contributed by atoms with Gasteiger partial charge < -0.3 is 10.1 Å². The zero-order valence-corrected chi connectivity index (χ0v) is 11.2. The standard InChI is InChI=1S/C12H10F2N2O4S/c13-9-2-1-7(3-10(9)14)5-16-21(19,20)8-4-11(12(17)18)15-6-8/h1-4,6,15-16H,5H2,(H,17,18). The van der Waals surface area contributed by atoms with Crippen LogP contribution in [0.1, 0.15) is 16.1 Å². The Morgan fingerprint density at radius 3 is 2.52 bits per heavy atom. The van der Waals surface area contributed by atoms with Crippen LogP contribution in [0.3, 0.4) is 0 Å². The minimum absolute atomic E-state index is 0.228. The topological polar surface area (TPSA) is 99.3 Å². The van der Waals surface area contributed by atoms with Crippen molar-refractivity contribution in [3.8, 4) is 0 Å². The molecule has 0 bridgehead atoms. The van der Waals surface area contributed by atoms with E-state index in [1.807, 2.05) is 0 Å². The Balaban J connectivity index is 2.13. The zero-order valence-electron chi connectivity index (χ0n) is 10.4. The van der Waals surface area contributed by atoms with Crippen molar-refractivity contribution < 1.29 is 27.1 Å². The predicted molar refractivity (Wildman–Crippen MR) is 68.1 cm³/mol. The number of aromatic nitrogens is 1. The molecule has 0 amide bonds. The molecule has 0 unspecified atom stereocenters. The van der Waals surface area contributed by atoms with Crippen molar-refractivity contribution in [1.29, 1.82) is 0 Å². The Kier molecular flexibility index (Phi) is 4.05. The van der Waals surface area contributed by atoms with Crippen molar-refractivity contribution >= 4 is 16.0 Å². The number of rotatable bonds is 5. The maximum absolute atomic E-state index is 13.0. The summed E-state index contributed by atoms with van der Waals surface area (Å²) in [5, 5.41) is 8.70. The summed E-state index contributed by atoms with van der Waals surface area (Å²) in [6, 6.07) is 3.95. The molecule has 0 saturated heterocycles. The minimum atomic E-state index is -3.95. The Morgan fingerprint density at radius 2 is 1.95 bits per heavy atom. The Bertz CT molecular complexity index is 786. The van der Waals surface area contributed by atoms with E-state index in [0.29, 0.717) is 0 Å². The van der Waals surface area contributed by atoms with Crippen LogP contribution >= 0.6 is 0 Å². The summed E-state index contributed by atoms with van der Waals surface area (Å²) < 4.78 is 51.7. The van der Waals surface area contributed by atoms with E-state index in [1.54, 1.807) is 0 Å².